The zero-order chi connectivity index (χ0) is 33.3. The summed E-state index contributed by atoms with van der Waals surface area (Å²) in [6.45, 7) is 16.6. The van der Waals surface area contributed by atoms with Crippen LogP contribution in [0.15, 0.2) is 46.0 Å². The highest BCUT2D eigenvalue weighted by Crippen LogP contribution is 2.68. The number of benzene rings is 2. The molecule has 2 aromatic heterocycles. The van der Waals surface area contributed by atoms with Gasteiger partial charge in [-0.25, -0.2) is 9.36 Å². The summed E-state index contributed by atoms with van der Waals surface area (Å²) < 4.78 is 5.50. The molecule has 10 heteroatoms. The van der Waals surface area contributed by atoms with Crippen LogP contribution < -0.4 is 11.1 Å². The highest BCUT2D eigenvalue weighted by Gasteiger charge is 2.63. The molecule has 4 atom stereocenters. The number of hydrogen-bond donors (Lipinski definition) is 1. The standard InChI is InChI=1S/C19H22Cl2N2O.C17H18Cl2N2O.2CH4/c1-5-22-16-15(14-6-7-19(16,4)18(14,2)3)17(24)23(22)13-9-11(20)8-12(21)10-13;1-16(2)12-4-5-17(16,3)14-13(12)15(22)21(20-14)11-7-9(18)6-10(19)8-11;;/h8-10,14H,5-7H2,1-4H3;6-8,12,20H,4-5H2,1-3H3;2*1H4/t14-,19+;12-,17+;;/m11../s1. The first kappa shape index (κ1) is 36.9. The van der Waals surface area contributed by atoms with Gasteiger partial charge in [0.15, 0.2) is 0 Å². The summed E-state index contributed by atoms with van der Waals surface area (Å²) in [5.74, 6) is 0.658. The van der Waals surface area contributed by atoms with Gasteiger partial charge in [0, 0.05) is 54.3 Å². The summed E-state index contributed by atoms with van der Waals surface area (Å²) >= 11 is 24.5. The van der Waals surface area contributed by atoms with E-state index in [0.29, 0.717) is 37.6 Å². The van der Waals surface area contributed by atoms with Gasteiger partial charge in [0.2, 0.25) is 0 Å². The van der Waals surface area contributed by atoms with E-state index in [1.807, 2.05) is 12.1 Å². The van der Waals surface area contributed by atoms with E-state index in [-0.39, 0.29) is 47.6 Å². The maximum absolute atomic E-state index is 13.3. The molecule has 2 fully saturated rings. The Hall–Kier alpha value is -2.38. The molecule has 4 aliphatic rings. The smallest absolute Gasteiger partial charge is 0.275 e. The summed E-state index contributed by atoms with van der Waals surface area (Å²) in [5, 5.41) is 5.49. The Morgan fingerprint density at radius 3 is 1.65 bits per heavy atom. The topological polar surface area (TPSA) is 64.7 Å². The van der Waals surface area contributed by atoms with Gasteiger partial charge in [0.05, 0.1) is 17.1 Å². The lowest BCUT2D eigenvalue weighted by molar-refractivity contribution is 0.216. The van der Waals surface area contributed by atoms with Gasteiger partial charge in [-0.05, 0) is 91.7 Å². The summed E-state index contributed by atoms with van der Waals surface area (Å²) in [7, 11) is 0. The fourth-order valence-electron chi connectivity index (χ4n) is 9.60. The van der Waals surface area contributed by atoms with Crippen LogP contribution in [0.3, 0.4) is 0 Å². The van der Waals surface area contributed by atoms with Gasteiger partial charge >= 0.3 is 0 Å². The van der Waals surface area contributed by atoms with Crippen molar-refractivity contribution in [2.24, 2.45) is 10.8 Å². The van der Waals surface area contributed by atoms with Crippen molar-refractivity contribution in [3.05, 3.63) is 99.7 Å². The minimum Gasteiger partial charge on any atom is -0.294 e. The zero-order valence-electron chi connectivity index (χ0n) is 27.3. The van der Waals surface area contributed by atoms with Gasteiger partial charge in [0.25, 0.3) is 11.1 Å². The maximum Gasteiger partial charge on any atom is 0.275 e. The van der Waals surface area contributed by atoms with Gasteiger partial charge in [-0.3, -0.25) is 19.4 Å². The number of fused-ring (bicyclic) bond motifs is 10. The van der Waals surface area contributed by atoms with Crippen LogP contribution in [0.2, 0.25) is 20.1 Å². The Kier molecular flexibility index (Phi) is 9.11. The number of rotatable bonds is 3. The minimum absolute atomic E-state index is 0. The molecule has 4 aromatic rings. The first-order valence-electron chi connectivity index (χ1n) is 16.1. The third kappa shape index (κ3) is 4.72. The Labute approximate surface area is 304 Å². The molecule has 0 aliphatic heterocycles. The number of nitrogens with one attached hydrogen (secondary N) is 1. The predicted octanol–water partition coefficient (Wildman–Crippen LogP) is 11.1. The lowest BCUT2D eigenvalue weighted by Crippen LogP contribution is -2.35. The average Bonchev–Trinajstić information content (AvgIpc) is 3.68. The minimum atomic E-state index is 0. The Morgan fingerprint density at radius 2 is 1.15 bits per heavy atom. The number of H-pyrrole nitrogens is 1. The van der Waals surface area contributed by atoms with Gasteiger partial charge < -0.3 is 0 Å². The monoisotopic (exact) mass is 732 g/mol. The predicted molar refractivity (Wildman–Crippen MR) is 202 cm³/mol. The molecule has 260 valence electrons. The fraction of sp³-hybridized carbons (Fsp3) is 0.526. The highest BCUT2D eigenvalue weighted by molar-refractivity contribution is 6.35. The third-order valence-electron chi connectivity index (χ3n) is 12.8. The van der Waals surface area contributed by atoms with Crippen molar-refractivity contribution in [2.45, 2.75) is 118 Å². The quantitative estimate of drug-likeness (QED) is 0.228. The molecule has 0 spiro atoms. The van der Waals surface area contributed by atoms with Gasteiger partial charge in [-0.15, -0.1) is 0 Å². The number of hydrogen-bond acceptors (Lipinski definition) is 2. The van der Waals surface area contributed by atoms with E-state index in [1.54, 1.807) is 33.6 Å². The van der Waals surface area contributed by atoms with E-state index in [0.717, 1.165) is 54.7 Å². The molecular formula is C38H48Cl4N4O2. The van der Waals surface area contributed by atoms with Crippen molar-refractivity contribution in [3.63, 3.8) is 0 Å². The van der Waals surface area contributed by atoms with E-state index in [2.05, 4.69) is 58.2 Å². The van der Waals surface area contributed by atoms with E-state index in [4.69, 9.17) is 46.4 Å². The van der Waals surface area contributed by atoms with Crippen LogP contribution in [-0.4, -0.2) is 19.1 Å². The summed E-state index contributed by atoms with van der Waals surface area (Å²) in [5.41, 5.74) is 6.14. The van der Waals surface area contributed by atoms with Crippen LogP contribution in [0.25, 0.3) is 11.4 Å². The summed E-state index contributed by atoms with van der Waals surface area (Å²) in [6.07, 6.45) is 4.43. The molecule has 2 heterocycles. The molecule has 48 heavy (non-hydrogen) atoms. The second-order valence-electron chi connectivity index (χ2n) is 15.2. The summed E-state index contributed by atoms with van der Waals surface area (Å²) in [4.78, 5) is 26.3. The van der Waals surface area contributed by atoms with Crippen molar-refractivity contribution < 1.29 is 0 Å². The van der Waals surface area contributed by atoms with Gasteiger partial charge in [-0.2, -0.15) is 0 Å². The molecule has 8 rings (SSSR count). The molecule has 4 bridgehead atoms. The Bertz CT molecular complexity index is 2010. The van der Waals surface area contributed by atoms with E-state index >= 15 is 0 Å². The molecule has 2 saturated carbocycles. The molecule has 0 unspecified atom stereocenters. The molecule has 0 saturated heterocycles. The van der Waals surface area contributed by atoms with Crippen LogP contribution in [-0.2, 0) is 17.4 Å². The van der Waals surface area contributed by atoms with Gasteiger partial charge in [0.1, 0.15) is 0 Å². The van der Waals surface area contributed by atoms with Crippen molar-refractivity contribution in [2.75, 3.05) is 0 Å². The van der Waals surface area contributed by atoms with Crippen molar-refractivity contribution in [1.82, 2.24) is 19.1 Å². The van der Waals surface area contributed by atoms with Crippen LogP contribution in [0.5, 0.6) is 0 Å². The number of aromatic nitrogens is 4. The maximum atomic E-state index is 13.3. The average molecular weight is 735 g/mol. The third-order valence-corrected chi connectivity index (χ3v) is 13.7. The highest BCUT2D eigenvalue weighted by atomic mass is 35.5. The van der Waals surface area contributed by atoms with Gasteiger partial charge in [-0.1, -0.05) is 103 Å². The molecule has 1 N–H and O–H groups in total. The normalized spacial score (nSPS) is 26.3. The second kappa shape index (κ2) is 11.9. The first-order chi connectivity index (χ1) is 21.5. The number of aromatic amines is 1. The lowest BCUT2D eigenvalue weighted by Gasteiger charge is -2.36. The zero-order valence-corrected chi connectivity index (χ0v) is 30.3. The largest absolute Gasteiger partial charge is 0.294 e. The molecule has 0 radical (unpaired) electrons. The van der Waals surface area contributed by atoms with Crippen LogP contribution in [0.1, 0.15) is 123 Å². The van der Waals surface area contributed by atoms with Crippen LogP contribution in [0, 0.1) is 10.8 Å². The molecule has 2 aromatic carbocycles. The SMILES string of the molecule is C.C.CC1(C)[C@@H]2CC[C@@]1(C)c1[nH]n(-c3cc(Cl)cc(Cl)c3)c(=O)c12.CCn1c2c(c(=O)n1-c1cc(Cl)cc(Cl)c1)[C@H]1CC[C@]2(C)C1(C)C. The number of nitrogens with zero attached hydrogens (tertiary/aromatic N) is 3. The van der Waals surface area contributed by atoms with Crippen LogP contribution in [0.4, 0.5) is 0 Å². The van der Waals surface area contributed by atoms with Crippen molar-refractivity contribution in [3.8, 4) is 11.4 Å². The van der Waals surface area contributed by atoms with E-state index < -0.39 is 0 Å². The van der Waals surface area contributed by atoms with E-state index in [1.165, 1.54) is 5.69 Å². The first-order valence-corrected chi connectivity index (χ1v) is 17.6. The van der Waals surface area contributed by atoms with Crippen LogP contribution >= 0.6 is 46.4 Å². The molecule has 4 aliphatic carbocycles. The fourth-order valence-corrected chi connectivity index (χ4v) is 10.6. The summed E-state index contributed by atoms with van der Waals surface area (Å²) in [6, 6.07) is 10.5. The molecule has 0 amide bonds. The Morgan fingerprint density at radius 1 is 0.688 bits per heavy atom. The second-order valence-corrected chi connectivity index (χ2v) is 16.9. The lowest BCUT2D eigenvalue weighted by atomic mass is 9.70. The Balaban J connectivity index is 0.000000181. The molecule has 6 nitrogen and oxygen atoms in total. The van der Waals surface area contributed by atoms with Crippen molar-refractivity contribution in [1.29, 1.82) is 0 Å². The molecular weight excluding hydrogens is 686 g/mol. The van der Waals surface area contributed by atoms with E-state index in [9.17, 15) is 9.59 Å². The van der Waals surface area contributed by atoms with Crippen molar-refractivity contribution >= 4 is 46.4 Å². The number of halogens is 4.